The number of nitrogens with zero attached hydrogens (tertiary/aromatic N) is 4. The van der Waals surface area contributed by atoms with E-state index in [0.29, 0.717) is 0 Å². The largest absolute Gasteiger partial charge is 0.455 e. The van der Waals surface area contributed by atoms with E-state index < -0.39 is 0 Å². The van der Waals surface area contributed by atoms with E-state index in [-0.39, 0.29) is 0 Å². The molecule has 4 nitrogen and oxygen atoms in total. The highest BCUT2D eigenvalue weighted by atomic mass is 15.1. The summed E-state index contributed by atoms with van der Waals surface area (Å²) in [5.41, 5.74) is 2.42. The molecule has 0 amide bonds. The number of aromatic nitrogens is 2. The Labute approximate surface area is 90.9 Å². The van der Waals surface area contributed by atoms with Crippen molar-refractivity contribution in [3.8, 4) is 0 Å². The van der Waals surface area contributed by atoms with Crippen molar-refractivity contribution in [3.05, 3.63) is 30.3 Å². The highest BCUT2D eigenvalue weighted by Gasteiger charge is 2.12. The molecular weight excluding hydrogens is 188 g/mol. The molecule has 0 spiro atoms. The van der Waals surface area contributed by atoms with Crippen molar-refractivity contribution in [3.63, 3.8) is 0 Å². The van der Waals surface area contributed by atoms with E-state index in [1.165, 1.54) is 11.3 Å². The quantitative estimate of drug-likeness (QED) is 0.665. The predicted octanol–water partition coefficient (Wildman–Crippen LogP) is 0.688. The van der Waals surface area contributed by atoms with Gasteiger partial charge in [-0.25, -0.2) is 9.97 Å². The number of hydrogen-bond donors (Lipinski definition) is 0. The van der Waals surface area contributed by atoms with Crippen LogP contribution in [0.3, 0.4) is 0 Å². The Balaban J connectivity index is 2.19. The van der Waals surface area contributed by atoms with Crippen LogP contribution in [0, 0.1) is 7.05 Å². The third-order valence-corrected chi connectivity index (χ3v) is 2.52. The molecule has 0 aliphatic carbocycles. The fourth-order valence-electron chi connectivity index (χ4n) is 1.77. The monoisotopic (exact) mass is 205 g/mol. The van der Waals surface area contributed by atoms with Crippen molar-refractivity contribution in [2.24, 2.45) is 0 Å². The van der Waals surface area contributed by atoms with Gasteiger partial charge in [0.15, 0.2) is 0 Å². The second-order valence-electron chi connectivity index (χ2n) is 4.30. The molecule has 0 aromatic carbocycles. The Bertz CT molecular complexity index is 348. The average molecular weight is 205 g/mol. The van der Waals surface area contributed by atoms with Crippen LogP contribution >= 0.6 is 0 Å². The third kappa shape index (κ3) is 2.52. The van der Waals surface area contributed by atoms with Gasteiger partial charge in [0.2, 0.25) is 0 Å². The van der Waals surface area contributed by atoms with Crippen molar-refractivity contribution in [1.82, 2.24) is 19.8 Å². The Morgan fingerprint density at radius 2 is 2.33 bits per heavy atom. The highest BCUT2D eigenvalue weighted by Crippen LogP contribution is 2.15. The van der Waals surface area contributed by atoms with E-state index in [4.69, 9.17) is 0 Å². The average Bonchev–Trinajstić information content (AvgIpc) is 2.17. The van der Waals surface area contributed by atoms with E-state index in [0.717, 1.165) is 31.9 Å². The second-order valence-corrected chi connectivity index (χ2v) is 4.30. The van der Waals surface area contributed by atoms with E-state index in [1.807, 2.05) is 20.3 Å². The van der Waals surface area contributed by atoms with Gasteiger partial charge in [-0.2, -0.15) is 0 Å². The van der Waals surface area contributed by atoms with Gasteiger partial charge in [0, 0.05) is 23.9 Å². The van der Waals surface area contributed by atoms with E-state index in [9.17, 15) is 0 Å². The molecule has 0 N–H and O–H groups in total. The van der Waals surface area contributed by atoms with Gasteiger partial charge in [0.05, 0.1) is 6.54 Å². The lowest BCUT2D eigenvalue weighted by Crippen LogP contribution is -2.26. The zero-order chi connectivity index (χ0) is 10.8. The molecule has 0 atom stereocenters. The zero-order valence-corrected chi connectivity index (χ0v) is 9.40. The molecule has 2 rings (SSSR count). The molecule has 0 bridgehead atoms. The molecule has 82 valence electrons. The lowest BCUT2D eigenvalue weighted by molar-refractivity contribution is 0.339. The first kappa shape index (κ1) is 10.5. The summed E-state index contributed by atoms with van der Waals surface area (Å²) in [6.07, 6.45) is 2.93. The molecule has 2 heterocycles. The van der Waals surface area contributed by atoms with Gasteiger partial charge in [-0.15, -0.1) is 0 Å². The standard InChI is InChI=1S/C11H17N4/c1-14(2)8-11-12-6-9-7-15(3)5-4-10(9)13-11/h6H,3-5,7-8H2,1-2H3/q-1. The number of hydrogen-bond acceptors (Lipinski definition) is 4. The van der Waals surface area contributed by atoms with Crippen LogP contribution in [0.1, 0.15) is 17.1 Å². The van der Waals surface area contributed by atoms with E-state index in [1.54, 1.807) is 0 Å². The summed E-state index contributed by atoms with van der Waals surface area (Å²) >= 11 is 0. The lowest BCUT2D eigenvalue weighted by Gasteiger charge is -2.30. The summed E-state index contributed by atoms with van der Waals surface area (Å²) in [7, 11) is 7.99. The maximum absolute atomic E-state index is 4.58. The van der Waals surface area contributed by atoms with Crippen LogP contribution in [0.25, 0.3) is 0 Å². The van der Waals surface area contributed by atoms with Crippen LogP contribution in [0.2, 0.25) is 0 Å². The maximum Gasteiger partial charge on any atom is 0.142 e. The van der Waals surface area contributed by atoms with E-state index in [2.05, 4.69) is 26.8 Å². The predicted molar refractivity (Wildman–Crippen MR) is 58.9 cm³/mol. The molecule has 0 saturated heterocycles. The molecule has 1 aliphatic rings. The van der Waals surface area contributed by atoms with Crippen LogP contribution in [0.5, 0.6) is 0 Å². The minimum absolute atomic E-state index is 0.807. The molecule has 0 unspecified atom stereocenters. The first-order valence-electron chi connectivity index (χ1n) is 5.19. The van der Waals surface area contributed by atoms with Gasteiger partial charge >= 0.3 is 0 Å². The van der Waals surface area contributed by atoms with Gasteiger partial charge in [-0.3, -0.25) is 7.05 Å². The summed E-state index contributed by atoms with van der Waals surface area (Å²) in [5.74, 6) is 0.913. The Kier molecular flexibility index (Phi) is 2.98. The summed E-state index contributed by atoms with van der Waals surface area (Å²) in [6, 6.07) is 0. The van der Waals surface area contributed by atoms with E-state index >= 15 is 0 Å². The van der Waals surface area contributed by atoms with Crippen LogP contribution in [0.4, 0.5) is 0 Å². The minimum Gasteiger partial charge on any atom is -0.455 e. The molecule has 0 saturated carbocycles. The van der Waals surface area contributed by atoms with Crippen LogP contribution in [-0.4, -0.2) is 40.4 Å². The van der Waals surface area contributed by atoms with Crippen LogP contribution in [-0.2, 0) is 19.5 Å². The fourth-order valence-corrected chi connectivity index (χ4v) is 1.77. The minimum atomic E-state index is 0.807. The summed E-state index contributed by atoms with van der Waals surface area (Å²) in [6.45, 7) is 2.67. The normalized spacial score (nSPS) is 16.8. The summed E-state index contributed by atoms with van der Waals surface area (Å²) < 4.78 is 0. The van der Waals surface area contributed by atoms with Crippen LogP contribution < -0.4 is 0 Å². The van der Waals surface area contributed by atoms with Crippen LogP contribution in [0.15, 0.2) is 6.20 Å². The molecule has 15 heavy (non-hydrogen) atoms. The molecular formula is C11H17N4-. The summed E-state index contributed by atoms with van der Waals surface area (Å²) in [5, 5.41) is 0. The van der Waals surface area contributed by atoms with Crippen molar-refractivity contribution < 1.29 is 0 Å². The molecule has 0 radical (unpaired) electrons. The van der Waals surface area contributed by atoms with Crippen molar-refractivity contribution in [2.45, 2.75) is 19.5 Å². The highest BCUT2D eigenvalue weighted by molar-refractivity contribution is 5.20. The third-order valence-electron chi connectivity index (χ3n) is 2.52. The van der Waals surface area contributed by atoms with Crippen molar-refractivity contribution in [2.75, 3.05) is 20.6 Å². The molecule has 1 aliphatic heterocycles. The summed E-state index contributed by atoms with van der Waals surface area (Å²) in [4.78, 5) is 13.1. The Hall–Kier alpha value is -1.00. The van der Waals surface area contributed by atoms with Gasteiger partial charge in [0.25, 0.3) is 0 Å². The topological polar surface area (TPSA) is 32.3 Å². The maximum atomic E-state index is 4.58. The first-order valence-corrected chi connectivity index (χ1v) is 5.19. The van der Waals surface area contributed by atoms with Gasteiger partial charge in [-0.1, -0.05) is 0 Å². The fraction of sp³-hybridized carbons (Fsp3) is 0.545. The van der Waals surface area contributed by atoms with Gasteiger partial charge in [0.1, 0.15) is 5.82 Å². The SMILES string of the molecule is [CH2-]N1CCc2nc(CN(C)C)ncc2C1. The zero-order valence-electron chi connectivity index (χ0n) is 9.40. The van der Waals surface area contributed by atoms with Gasteiger partial charge in [-0.05, 0) is 27.2 Å². The first-order chi connectivity index (χ1) is 7.15. The Morgan fingerprint density at radius 3 is 3.07 bits per heavy atom. The number of rotatable bonds is 2. The molecule has 0 fully saturated rings. The Morgan fingerprint density at radius 1 is 1.53 bits per heavy atom. The van der Waals surface area contributed by atoms with Gasteiger partial charge < -0.3 is 9.80 Å². The smallest absolute Gasteiger partial charge is 0.142 e. The molecule has 4 heteroatoms. The van der Waals surface area contributed by atoms with Crippen molar-refractivity contribution >= 4 is 0 Å². The molecule has 1 aromatic heterocycles. The van der Waals surface area contributed by atoms with Crippen molar-refractivity contribution in [1.29, 1.82) is 0 Å². The number of fused-ring (bicyclic) bond motifs is 1. The second kappa shape index (κ2) is 4.24. The lowest BCUT2D eigenvalue weighted by atomic mass is 10.1. The molecule has 1 aromatic rings.